The number of rotatable bonds is 5. The fraction of sp³-hybridized carbons (Fsp3) is 0.286. The summed E-state index contributed by atoms with van der Waals surface area (Å²) < 4.78 is 0. The summed E-state index contributed by atoms with van der Waals surface area (Å²) >= 11 is 0. The Balaban J connectivity index is 2.64. The standard InChI is InChI=1S/C14H20Si/c1-4-12(5-2)11-15-14-9-7-13(6-3)8-10-14/h6-11H,3-5,15H2,1-2H3. The molecule has 0 radical (unpaired) electrons. The third-order valence-corrected chi connectivity index (χ3v) is 4.47. The second kappa shape index (κ2) is 6.41. The molecule has 0 unspecified atom stereocenters. The van der Waals surface area contributed by atoms with Crippen molar-refractivity contribution in [1.82, 2.24) is 0 Å². The third kappa shape index (κ3) is 3.88. The Morgan fingerprint density at radius 2 is 1.80 bits per heavy atom. The Morgan fingerprint density at radius 1 is 1.20 bits per heavy atom. The fourth-order valence-electron chi connectivity index (χ4n) is 1.59. The maximum absolute atomic E-state index is 3.76. The summed E-state index contributed by atoms with van der Waals surface area (Å²) in [7, 11) is -0.201. The van der Waals surface area contributed by atoms with Gasteiger partial charge in [-0.2, -0.15) is 0 Å². The summed E-state index contributed by atoms with van der Waals surface area (Å²) in [5.74, 6) is 0. The van der Waals surface area contributed by atoms with Gasteiger partial charge in [0.2, 0.25) is 0 Å². The van der Waals surface area contributed by atoms with E-state index in [9.17, 15) is 0 Å². The molecule has 0 spiro atoms. The number of allylic oxidation sites excluding steroid dienone is 1. The van der Waals surface area contributed by atoms with Crippen molar-refractivity contribution in [3.63, 3.8) is 0 Å². The first-order valence-electron chi connectivity index (χ1n) is 5.69. The molecular weight excluding hydrogens is 196 g/mol. The second-order valence-corrected chi connectivity index (χ2v) is 5.35. The second-order valence-electron chi connectivity index (χ2n) is 3.72. The minimum absolute atomic E-state index is 0.201. The van der Waals surface area contributed by atoms with Gasteiger partial charge in [0.25, 0.3) is 0 Å². The lowest BCUT2D eigenvalue weighted by Crippen LogP contribution is -2.11. The van der Waals surface area contributed by atoms with Crippen molar-refractivity contribution < 1.29 is 0 Å². The molecule has 0 fully saturated rings. The van der Waals surface area contributed by atoms with Gasteiger partial charge in [-0.25, -0.2) is 0 Å². The first-order valence-corrected chi connectivity index (χ1v) is 7.21. The summed E-state index contributed by atoms with van der Waals surface area (Å²) in [6.07, 6.45) is 4.30. The Kier molecular flexibility index (Phi) is 5.12. The molecule has 80 valence electrons. The van der Waals surface area contributed by atoms with Crippen LogP contribution in [0.4, 0.5) is 0 Å². The molecule has 1 rings (SSSR count). The zero-order chi connectivity index (χ0) is 11.1. The summed E-state index contributed by atoms with van der Waals surface area (Å²) in [5, 5.41) is 1.51. The molecular formula is C14H20Si. The van der Waals surface area contributed by atoms with Crippen LogP contribution in [0.1, 0.15) is 32.3 Å². The van der Waals surface area contributed by atoms with Crippen LogP contribution in [0.15, 0.2) is 42.1 Å². The predicted octanol–water partition coefficient (Wildman–Crippen LogP) is 2.83. The van der Waals surface area contributed by atoms with E-state index in [1.165, 1.54) is 23.6 Å². The Bertz CT molecular complexity index is 327. The van der Waals surface area contributed by atoms with Crippen LogP contribution in [-0.4, -0.2) is 9.52 Å². The lowest BCUT2D eigenvalue weighted by Gasteiger charge is -2.01. The van der Waals surface area contributed by atoms with E-state index >= 15 is 0 Å². The van der Waals surface area contributed by atoms with Gasteiger partial charge >= 0.3 is 0 Å². The molecule has 0 bridgehead atoms. The Hall–Kier alpha value is -1.08. The van der Waals surface area contributed by atoms with Crippen molar-refractivity contribution in [3.8, 4) is 0 Å². The van der Waals surface area contributed by atoms with Gasteiger partial charge in [-0.05, 0) is 18.4 Å². The molecule has 0 saturated carbocycles. The first kappa shape index (κ1) is 12.0. The summed E-state index contributed by atoms with van der Waals surface area (Å²) in [5.41, 5.74) is 5.31. The van der Waals surface area contributed by atoms with Crippen LogP contribution in [0.3, 0.4) is 0 Å². The average molecular weight is 216 g/mol. The molecule has 1 heteroatoms. The van der Waals surface area contributed by atoms with Crippen molar-refractivity contribution >= 4 is 20.8 Å². The van der Waals surface area contributed by atoms with E-state index in [0.717, 1.165) is 0 Å². The minimum atomic E-state index is -0.201. The number of hydrogen-bond acceptors (Lipinski definition) is 0. The van der Waals surface area contributed by atoms with E-state index in [1.807, 2.05) is 6.08 Å². The topological polar surface area (TPSA) is 0 Å². The normalized spacial score (nSPS) is 10.5. The van der Waals surface area contributed by atoms with E-state index < -0.39 is 0 Å². The van der Waals surface area contributed by atoms with Crippen LogP contribution >= 0.6 is 0 Å². The quantitative estimate of drug-likeness (QED) is 0.664. The molecule has 1 aromatic rings. The molecule has 0 aliphatic heterocycles. The molecule has 0 aliphatic rings. The first-order chi connectivity index (χ1) is 7.30. The van der Waals surface area contributed by atoms with Crippen LogP contribution in [0.5, 0.6) is 0 Å². The van der Waals surface area contributed by atoms with Crippen molar-refractivity contribution in [2.75, 3.05) is 0 Å². The maximum Gasteiger partial charge on any atom is 0.0782 e. The average Bonchev–Trinajstić information content (AvgIpc) is 2.31. The van der Waals surface area contributed by atoms with Crippen molar-refractivity contribution in [3.05, 3.63) is 47.7 Å². The molecule has 0 saturated heterocycles. The summed E-state index contributed by atoms with van der Waals surface area (Å²) in [6.45, 7) is 8.24. The van der Waals surface area contributed by atoms with Crippen LogP contribution in [0.2, 0.25) is 0 Å². The van der Waals surface area contributed by atoms with Crippen LogP contribution in [0, 0.1) is 0 Å². The van der Waals surface area contributed by atoms with Gasteiger partial charge < -0.3 is 0 Å². The van der Waals surface area contributed by atoms with Gasteiger partial charge in [-0.1, -0.05) is 67.2 Å². The fourth-order valence-corrected chi connectivity index (χ4v) is 3.20. The van der Waals surface area contributed by atoms with E-state index in [1.54, 1.807) is 5.57 Å². The van der Waals surface area contributed by atoms with Crippen molar-refractivity contribution in [2.24, 2.45) is 0 Å². The lowest BCUT2D eigenvalue weighted by atomic mass is 10.2. The van der Waals surface area contributed by atoms with Gasteiger partial charge in [0.05, 0.1) is 9.52 Å². The molecule has 15 heavy (non-hydrogen) atoms. The number of benzene rings is 1. The Labute approximate surface area is 95.5 Å². The van der Waals surface area contributed by atoms with Crippen LogP contribution in [0.25, 0.3) is 6.08 Å². The van der Waals surface area contributed by atoms with Gasteiger partial charge in [0.1, 0.15) is 0 Å². The van der Waals surface area contributed by atoms with Crippen LogP contribution in [-0.2, 0) is 0 Å². The van der Waals surface area contributed by atoms with E-state index in [-0.39, 0.29) is 9.52 Å². The predicted molar refractivity (Wildman–Crippen MR) is 73.4 cm³/mol. The zero-order valence-corrected chi connectivity index (χ0v) is 11.2. The number of hydrogen-bond donors (Lipinski definition) is 0. The monoisotopic (exact) mass is 216 g/mol. The van der Waals surface area contributed by atoms with Crippen molar-refractivity contribution in [1.29, 1.82) is 0 Å². The minimum Gasteiger partial charge on any atom is -0.0985 e. The molecule has 1 aromatic carbocycles. The van der Waals surface area contributed by atoms with E-state index in [4.69, 9.17) is 0 Å². The van der Waals surface area contributed by atoms with Crippen molar-refractivity contribution in [2.45, 2.75) is 26.7 Å². The summed E-state index contributed by atoms with van der Waals surface area (Å²) in [6, 6.07) is 8.78. The molecule has 0 amide bonds. The van der Waals surface area contributed by atoms with Gasteiger partial charge in [-0.15, -0.1) is 0 Å². The van der Waals surface area contributed by atoms with E-state index in [0.29, 0.717) is 0 Å². The highest BCUT2D eigenvalue weighted by Gasteiger charge is 1.93. The third-order valence-electron chi connectivity index (χ3n) is 2.75. The largest absolute Gasteiger partial charge is 0.0985 e. The molecule has 0 nitrogen and oxygen atoms in total. The van der Waals surface area contributed by atoms with Gasteiger partial charge in [-0.3, -0.25) is 0 Å². The highest BCUT2D eigenvalue weighted by Crippen LogP contribution is 2.04. The lowest BCUT2D eigenvalue weighted by molar-refractivity contribution is 0.982. The molecule has 0 heterocycles. The summed E-state index contributed by atoms with van der Waals surface area (Å²) in [4.78, 5) is 0. The maximum atomic E-state index is 3.76. The molecule has 0 atom stereocenters. The molecule has 0 N–H and O–H groups in total. The van der Waals surface area contributed by atoms with Crippen LogP contribution < -0.4 is 5.19 Å². The smallest absolute Gasteiger partial charge is 0.0782 e. The SMILES string of the molecule is C=Cc1ccc([SiH2]C=C(CC)CC)cc1. The molecule has 0 aliphatic carbocycles. The highest BCUT2D eigenvalue weighted by atomic mass is 28.2. The zero-order valence-electron chi connectivity index (χ0n) is 9.79. The molecule has 0 aromatic heterocycles. The highest BCUT2D eigenvalue weighted by molar-refractivity contribution is 6.58. The van der Waals surface area contributed by atoms with E-state index in [2.05, 4.69) is 50.4 Å². The van der Waals surface area contributed by atoms with Gasteiger partial charge in [0.15, 0.2) is 0 Å². The Morgan fingerprint density at radius 3 is 2.27 bits per heavy atom. The van der Waals surface area contributed by atoms with Gasteiger partial charge in [0, 0.05) is 0 Å².